The van der Waals surface area contributed by atoms with Crippen LogP contribution in [0.25, 0.3) is 0 Å². The molecule has 1 nitrogen and oxygen atoms in total. The monoisotopic (exact) mass is 253 g/mol. The molecule has 0 bridgehead atoms. The van der Waals surface area contributed by atoms with Gasteiger partial charge in [0.2, 0.25) is 0 Å². The van der Waals surface area contributed by atoms with Crippen molar-refractivity contribution >= 4 is 15.9 Å². The molecule has 13 heavy (non-hydrogen) atoms. The quantitative estimate of drug-likeness (QED) is 0.819. The number of nitrogens with two attached hydrogens (primary N) is 1. The van der Waals surface area contributed by atoms with Crippen LogP contribution in [0.4, 0.5) is 13.2 Å². The van der Waals surface area contributed by atoms with Gasteiger partial charge in [0.05, 0.1) is 5.56 Å². The largest absolute Gasteiger partial charge is 0.416 e. The maximum Gasteiger partial charge on any atom is 0.416 e. The summed E-state index contributed by atoms with van der Waals surface area (Å²) in [6.45, 7) is -0.129. The summed E-state index contributed by atoms with van der Waals surface area (Å²) in [5.74, 6) is 0. The molecule has 1 rings (SSSR count). The highest BCUT2D eigenvalue weighted by Crippen LogP contribution is 2.34. The number of alkyl halides is 3. The Morgan fingerprint density at radius 2 is 1.92 bits per heavy atom. The minimum absolute atomic E-state index is 0.0926. The molecule has 0 aromatic heterocycles. The second-order valence-electron chi connectivity index (χ2n) is 2.47. The SMILES string of the molecule is NCc1c(Br)cccc1C(F)(F)F. The Morgan fingerprint density at radius 1 is 1.31 bits per heavy atom. The summed E-state index contributed by atoms with van der Waals surface area (Å²) in [5.41, 5.74) is 4.63. The Bertz CT molecular complexity index is 309. The first-order valence-electron chi connectivity index (χ1n) is 3.51. The molecule has 72 valence electrons. The van der Waals surface area contributed by atoms with Crippen LogP contribution >= 0.6 is 15.9 Å². The minimum atomic E-state index is -4.33. The molecule has 1 aromatic rings. The summed E-state index contributed by atoms with van der Waals surface area (Å²) >= 11 is 3.02. The Kier molecular flexibility index (Phi) is 2.98. The van der Waals surface area contributed by atoms with E-state index in [1.165, 1.54) is 12.1 Å². The molecular weight excluding hydrogens is 247 g/mol. The minimum Gasteiger partial charge on any atom is -0.326 e. The second kappa shape index (κ2) is 3.67. The van der Waals surface area contributed by atoms with Crippen molar-refractivity contribution in [1.82, 2.24) is 0 Å². The van der Waals surface area contributed by atoms with E-state index in [-0.39, 0.29) is 12.1 Å². The van der Waals surface area contributed by atoms with Gasteiger partial charge in [0, 0.05) is 11.0 Å². The summed E-state index contributed by atoms with van der Waals surface area (Å²) in [6, 6.07) is 3.90. The van der Waals surface area contributed by atoms with Crippen molar-refractivity contribution in [1.29, 1.82) is 0 Å². The van der Waals surface area contributed by atoms with Gasteiger partial charge in [0.25, 0.3) is 0 Å². The van der Waals surface area contributed by atoms with Crippen LogP contribution in [0, 0.1) is 0 Å². The topological polar surface area (TPSA) is 26.0 Å². The molecule has 1 aromatic carbocycles. The lowest BCUT2D eigenvalue weighted by molar-refractivity contribution is -0.138. The predicted octanol–water partition coefficient (Wildman–Crippen LogP) is 2.93. The van der Waals surface area contributed by atoms with Gasteiger partial charge in [0.15, 0.2) is 0 Å². The molecule has 0 aliphatic carbocycles. The zero-order valence-electron chi connectivity index (χ0n) is 6.53. The highest BCUT2D eigenvalue weighted by atomic mass is 79.9. The average molecular weight is 254 g/mol. The zero-order chi connectivity index (χ0) is 10.1. The van der Waals surface area contributed by atoms with E-state index in [1.807, 2.05) is 0 Å². The van der Waals surface area contributed by atoms with Gasteiger partial charge in [0.1, 0.15) is 0 Å². The fraction of sp³-hybridized carbons (Fsp3) is 0.250. The summed E-state index contributed by atoms with van der Waals surface area (Å²) in [6.07, 6.45) is -4.33. The van der Waals surface area contributed by atoms with Crippen LogP contribution in [-0.4, -0.2) is 0 Å². The van der Waals surface area contributed by atoms with Gasteiger partial charge < -0.3 is 5.73 Å². The third kappa shape index (κ3) is 2.22. The van der Waals surface area contributed by atoms with Gasteiger partial charge in [-0.05, 0) is 17.7 Å². The molecule has 0 aliphatic rings. The number of halogens is 4. The molecule has 0 radical (unpaired) electrons. The van der Waals surface area contributed by atoms with Gasteiger partial charge in [-0.2, -0.15) is 13.2 Å². The Hall–Kier alpha value is -0.550. The molecule has 0 saturated heterocycles. The summed E-state index contributed by atoms with van der Waals surface area (Å²) in [5, 5.41) is 0. The summed E-state index contributed by atoms with van der Waals surface area (Å²) < 4.78 is 37.4. The van der Waals surface area contributed by atoms with Crippen LogP contribution in [0.5, 0.6) is 0 Å². The van der Waals surface area contributed by atoms with E-state index >= 15 is 0 Å². The fourth-order valence-electron chi connectivity index (χ4n) is 1.03. The molecule has 0 heterocycles. The van der Waals surface area contributed by atoms with Crippen LogP contribution < -0.4 is 5.73 Å². The van der Waals surface area contributed by atoms with Gasteiger partial charge >= 0.3 is 6.18 Å². The highest BCUT2D eigenvalue weighted by molar-refractivity contribution is 9.10. The van der Waals surface area contributed by atoms with Gasteiger partial charge in [-0.3, -0.25) is 0 Å². The molecule has 0 saturated carbocycles. The lowest BCUT2D eigenvalue weighted by Gasteiger charge is -2.12. The van der Waals surface area contributed by atoms with Crippen LogP contribution in [-0.2, 0) is 12.7 Å². The van der Waals surface area contributed by atoms with Crippen molar-refractivity contribution in [2.24, 2.45) is 5.73 Å². The van der Waals surface area contributed by atoms with E-state index in [4.69, 9.17) is 5.73 Å². The van der Waals surface area contributed by atoms with Crippen molar-refractivity contribution in [2.75, 3.05) is 0 Å². The molecule has 0 spiro atoms. The van der Waals surface area contributed by atoms with E-state index in [2.05, 4.69) is 15.9 Å². The average Bonchev–Trinajstić information content (AvgIpc) is 2.02. The van der Waals surface area contributed by atoms with Gasteiger partial charge in [-0.15, -0.1) is 0 Å². The molecule has 0 atom stereocenters. The first kappa shape index (κ1) is 10.5. The third-order valence-corrected chi connectivity index (χ3v) is 2.37. The zero-order valence-corrected chi connectivity index (χ0v) is 8.11. The maximum atomic E-state index is 12.3. The van der Waals surface area contributed by atoms with Gasteiger partial charge in [-0.25, -0.2) is 0 Å². The lowest BCUT2D eigenvalue weighted by atomic mass is 10.1. The maximum absolute atomic E-state index is 12.3. The van der Waals surface area contributed by atoms with E-state index in [0.717, 1.165) is 6.07 Å². The first-order chi connectivity index (χ1) is 5.96. The molecule has 0 unspecified atom stereocenters. The third-order valence-electron chi connectivity index (χ3n) is 1.63. The smallest absolute Gasteiger partial charge is 0.326 e. The Balaban J connectivity index is 3.29. The molecule has 5 heteroatoms. The number of hydrogen-bond acceptors (Lipinski definition) is 1. The molecular formula is C8H7BrF3N. The molecule has 0 amide bonds. The van der Waals surface area contributed by atoms with Crippen LogP contribution in [0.2, 0.25) is 0 Å². The van der Waals surface area contributed by atoms with E-state index in [1.54, 1.807) is 0 Å². The summed E-state index contributed by atoms with van der Waals surface area (Å²) in [7, 11) is 0. The van der Waals surface area contributed by atoms with Crippen molar-refractivity contribution in [3.63, 3.8) is 0 Å². The van der Waals surface area contributed by atoms with Crippen molar-refractivity contribution < 1.29 is 13.2 Å². The van der Waals surface area contributed by atoms with E-state index in [9.17, 15) is 13.2 Å². The van der Waals surface area contributed by atoms with E-state index in [0.29, 0.717) is 4.47 Å². The standard InChI is InChI=1S/C8H7BrF3N/c9-7-3-1-2-6(5(7)4-13)8(10,11)12/h1-3H,4,13H2. The van der Waals surface area contributed by atoms with E-state index < -0.39 is 11.7 Å². The second-order valence-corrected chi connectivity index (χ2v) is 3.32. The number of benzene rings is 1. The Morgan fingerprint density at radius 3 is 2.31 bits per heavy atom. The number of hydrogen-bond donors (Lipinski definition) is 1. The molecule has 0 aliphatic heterocycles. The van der Waals surface area contributed by atoms with Crippen LogP contribution in [0.3, 0.4) is 0 Å². The van der Waals surface area contributed by atoms with Crippen molar-refractivity contribution in [3.8, 4) is 0 Å². The molecule has 2 N–H and O–H groups in total. The summed E-state index contributed by atoms with van der Waals surface area (Å²) in [4.78, 5) is 0. The predicted molar refractivity (Wildman–Crippen MR) is 47.0 cm³/mol. The molecule has 0 fully saturated rings. The number of rotatable bonds is 1. The van der Waals surface area contributed by atoms with Crippen molar-refractivity contribution in [3.05, 3.63) is 33.8 Å². The first-order valence-corrected chi connectivity index (χ1v) is 4.30. The van der Waals surface area contributed by atoms with Crippen molar-refractivity contribution in [2.45, 2.75) is 12.7 Å². The lowest BCUT2D eigenvalue weighted by Crippen LogP contribution is -2.12. The normalized spacial score (nSPS) is 11.8. The Labute approximate surface area is 81.9 Å². The van der Waals surface area contributed by atoms with Gasteiger partial charge in [-0.1, -0.05) is 22.0 Å². The van der Waals surface area contributed by atoms with Crippen LogP contribution in [0.15, 0.2) is 22.7 Å². The fourth-order valence-corrected chi connectivity index (χ4v) is 1.56. The van der Waals surface area contributed by atoms with Crippen LogP contribution in [0.1, 0.15) is 11.1 Å². The highest BCUT2D eigenvalue weighted by Gasteiger charge is 2.33.